The standard InChI is InChI=1S/C22H28FN3O2S/c1-16(2)20(26-22(28)25-14-17-8-4-3-5-9-17)21(27)24-12-13-29-15-18-10-6-7-11-19(18)23/h3-11,16,20H,12-15H2,1-2H3,(H,24,27)(H2,25,26,28)/t20-/m0/s1. The van der Waals surface area contributed by atoms with Crippen molar-refractivity contribution in [3.05, 3.63) is 71.5 Å². The molecule has 0 aliphatic carbocycles. The van der Waals surface area contributed by atoms with E-state index in [4.69, 9.17) is 0 Å². The first-order valence-electron chi connectivity index (χ1n) is 9.64. The highest BCUT2D eigenvalue weighted by atomic mass is 32.2. The summed E-state index contributed by atoms with van der Waals surface area (Å²) in [6.45, 7) is 4.61. The average Bonchev–Trinajstić information content (AvgIpc) is 2.72. The molecule has 29 heavy (non-hydrogen) atoms. The second kappa shape index (κ2) is 12.1. The quantitative estimate of drug-likeness (QED) is 0.516. The van der Waals surface area contributed by atoms with Crippen LogP contribution in [0.15, 0.2) is 54.6 Å². The van der Waals surface area contributed by atoms with Gasteiger partial charge in [-0.1, -0.05) is 62.4 Å². The Morgan fingerprint density at radius 2 is 1.69 bits per heavy atom. The lowest BCUT2D eigenvalue weighted by Gasteiger charge is -2.22. The number of carbonyl (C=O) groups is 2. The molecule has 2 rings (SSSR count). The minimum absolute atomic E-state index is 0.0523. The lowest BCUT2D eigenvalue weighted by molar-refractivity contribution is -0.123. The third-order valence-corrected chi connectivity index (χ3v) is 5.30. The zero-order valence-electron chi connectivity index (χ0n) is 16.8. The molecule has 0 heterocycles. The van der Waals surface area contributed by atoms with E-state index in [-0.39, 0.29) is 23.7 Å². The molecule has 156 valence electrons. The Balaban J connectivity index is 1.71. The zero-order valence-corrected chi connectivity index (χ0v) is 17.6. The van der Waals surface area contributed by atoms with Gasteiger partial charge in [0.2, 0.25) is 5.91 Å². The molecule has 1 atom stereocenters. The molecule has 2 aromatic rings. The van der Waals surface area contributed by atoms with Gasteiger partial charge in [-0.3, -0.25) is 4.79 Å². The van der Waals surface area contributed by atoms with E-state index < -0.39 is 6.04 Å². The van der Waals surface area contributed by atoms with Crippen LogP contribution in [0.5, 0.6) is 0 Å². The van der Waals surface area contributed by atoms with Crippen LogP contribution in [0.25, 0.3) is 0 Å². The molecule has 2 aromatic carbocycles. The minimum atomic E-state index is -0.623. The van der Waals surface area contributed by atoms with E-state index in [2.05, 4.69) is 16.0 Å². The van der Waals surface area contributed by atoms with Gasteiger partial charge in [-0.15, -0.1) is 0 Å². The first-order chi connectivity index (χ1) is 14.0. The van der Waals surface area contributed by atoms with E-state index >= 15 is 0 Å². The highest BCUT2D eigenvalue weighted by molar-refractivity contribution is 7.98. The number of nitrogens with one attached hydrogen (secondary N) is 3. The number of hydrogen-bond donors (Lipinski definition) is 3. The first kappa shape index (κ1) is 22.7. The molecular formula is C22H28FN3O2S. The van der Waals surface area contributed by atoms with Crippen LogP contribution in [-0.4, -0.2) is 30.3 Å². The molecule has 0 saturated carbocycles. The number of thioether (sulfide) groups is 1. The van der Waals surface area contributed by atoms with Gasteiger partial charge in [0.05, 0.1) is 0 Å². The van der Waals surface area contributed by atoms with E-state index in [1.807, 2.05) is 50.2 Å². The van der Waals surface area contributed by atoms with Crippen molar-refractivity contribution in [3.8, 4) is 0 Å². The molecule has 3 N–H and O–H groups in total. The Kier molecular flexibility index (Phi) is 9.50. The molecule has 0 spiro atoms. The van der Waals surface area contributed by atoms with Crippen LogP contribution in [0.1, 0.15) is 25.0 Å². The van der Waals surface area contributed by atoms with E-state index in [1.165, 1.54) is 6.07 Å². The summed E-state index contributed by atoms with van der Waals surface area (Å²) in [7, 11) is 0. The maximum atomic E-state index is 13.6. The SMILES string of the molecule is CC(C)[C@H](NC(=O)NCc1ccccc1)C(=O)NCCSCc1ccccc1F. The fourth-order valence-corrected chi connectivity index (χ4v) is 3.50. The minimum Gasteiger partial charge on any atom is -0.353 e. The van der Waals surface area contributed by atoms with Crippen molar-refractivity contribution in [1.29, 1.82) is 0 Å². The van der Waals surface area contributed by atoms with Crippen LogP contribution in [0.2, 0.25) is 0 Å². The van der Waals surface area contributed by atoms with Crippen molar-refractivity contribution < 1.29 is 14.0 Å². The monoisotopic (exact) mass is 417 g/mol. The molecule has 5 nitrogen and oxygen atoms in total. The number of hydrogen-bond acceptors (Lipinski definition) is 3. The Hall–Kier alpha value is -2.54. The summed E-state index contributed by atoms with van der Waals surface area (Å²) < 4.78 is 13.6. The van der Waals surface area contributed by atoms with Crippen molar-refractivity contribution in [2.45, 2.75) is 32.2 Å². The van der Waals surface area contributed by atoms with Gasteiger partial charge in [-0.2, -0.15) is 11.8 Å². The van der Waals surface area contributed by atoms with E-state index in [0.717, 1.165) is 5.56 Å². The molecule has 0 aliphatic heterocycles. The highest BCUT2D eigenvalue weighted by Gasteiger charge is 2.23. The molecule has 0 radical (unpaired) electrons. The van der Waals surface area contributed by atoms with Crippen LogP contribution in [0.4, 0.5) is 9.18 Å². The summed E-state index contributed by atoms with van der Waals surface area (Å²) in [5.41, 5.74) is 1.64. The van der Waals surface area contributed by atoms with Crippen LogP contribution in [-0.2, 0) is 17.1 Å². The maximum Gasteiger partial charge on any atom is 0.315 e. The van der Waals surface area contributed by atoms with Gasteiger partial charge in [-0.05, 0) is 23.1 Å². The first-order valence-corrected chi connectivity index (χ1v) is 10.8. The van der Waals surface area contributed by atoms with Crippen molar-refractivity contribution in [3.63, 3.8) is 0 Å². The molecule has 0 aliphatic rings. The molecule has 0 fully saturated rings. The fourth-order valence-electron chi connectivity index (χ4n) is 2.66. The summed E-state index contributed by atoms with van der Waals surface area (Å²) in [5.74, 6) is 0.723. The van der Waals surface area contributed by atoms with Crippen LogP contribution in [0, 0.1) is 11.7 Å². The molecule has 0 saturated heterocycles. The summed E-state index contributed by atoms with van der Waals surface area (Å²) in [6.07, 6.45) is 0. The largest absolute Gasteiger partial charge is 0.353 e. The third kappa shape index (κ3) is 8.15. The molecule has 7 heteroatoms. The Morgan fingerprint density at radius 1 is 1.00 bits per heavy atom. The number of benzene rings is 2. The number of amides is 3. The topological polar surface area (TPSA) is 70.2 Å². The Bertz CT molecular complexity index is 787. The predicted molar refractivity (Wildman–Crippen MR) is 116 cm³/mol. The Morgan fingerprint density at radius 3 is 2.38 bits per heavy atom. The number of carbonyl (C=O) groups excluding carboxylic acids is 2. The number of urea groups is 1. The van der Waals surface area contributed by atoms with Gasteiger partial charge in [0.1, 0.15) is 11.9 Å². The van der Waals surface area contributed by atoms with Gasteiger partial charge < -0.3 is 16.0 Å². The lowest BCUT2D eigenvalue weighted by atomic mass is 10.0. The molecular weight excluding hydrogens is 389 g/mol. The van der Waals surface area contributed by atoms with E-state index in [1.54, 1.807) is 23.9 Å². The number of rotatable bonds is 10. The summed E-state index contributed by atoms with van der Waals surface area (Å²) >= 11 is 1.55. The summed E-state index contributed by atoms with van der Waals surface area (Å²) in [4.78, 5) is 24.6. The van der Waals surface area contributed by atoms with Crippen molar-refractivity contribution in [2.24, 2.45) is 5.92 Å². The van der Waals surface area contributed by atoms with Crippen LogP contribution in [0.3, 0.4) is 0 Å². The molecule has 3 amide bonds. The average molecular weight is 418 g/mol. The van der Waals surface area contributed by atoms with E-state index in [0.29, 0.717) is 30.2 Å². The van der Waals surface area contributed by atoms with Crippen molar-refractivity contribution in [2.75, 3.05) is 12.3 Å². The van der Waals surface area contributed by atoms with Gasteiger partial charge in [0.25, 0.3) is 0 Å². The number of halogens is 1. The zero-order chi connectivity index (χ0) is 21.1. The van der Waals surface area contributed by atoms with Gasteiger partial charge in [-0.25, -0.2) is 9.18 Å². The van der Waals surface area contributed by atoms with Gasteiger partial charge >= 0.3 is 6.03 Å². The summed E-state index contributed by atoms with van der Waals surface area (Å²) in [6, 6.07) is 15.2. The molecule has 0 aromatic heterocycles. The fraction of sp³-hybridized carbons (Fsp3) is 0.364. The molecule has 0 bridgehead atoms. The smallest absolute Gasteiger partial charge is 0.315 e. The van der Waals surface area contributed by atoms with Gasteiger partial charge in [0.15, 0.2) is 0 Å². The van der Waals surface area contributed by atoms with Crippen molar-refractivity contribution in [1.82, 2.24) is 16.0 Å². The Labute approximate surface area is 175 Å². The van der Waals surface area contributed by atoms with Gasteiger partial charge in [0, 0.05) is 24.6 Å². The second-order valence-electron chi connectivity index (χ2n) is 6.97. The third-order valence-electron chi connectivity index (χ3n) is 4.29. The van der Waals surface area contributed by atoms with Crippen molar-refractivity contribution >= 4 is 23.7 Å². The highest BCUT2D eigenvalue weighted by Crippen LogP contribution is 2.14. The summed E-state index contributed by atoms with van der Waals surface area (Å²) in [5, 5.41) is 8.36. The normalized spacial score (nSPS) is 11.7. The van der Waals surface area contributed by atoms with E-state index in [9.17, 15) is 14.0 Å². The molecule has 0 unspecified atom stereocenters. The maximum absolute atomic E-state index is 13.6. The van der Waals surface area contributed by atoms with Crippen LogP contribution >= 0.6 is 11.8 Å². The second-order valence-corrected chi connectivity index (χ2v) is 8.07. The lowest BCUT2D eigenvalue weighted by Crippen LogP contribution is -2.52. The van der Waals surface area contributed by atoms with Crippen LogP contribution < -0.4 is 16.0 Å². The predicted octanol–water partition coefficient (Wildman–Crippen LogP) is 3.70.